The van der Waals surface area contributed by atoms with E-state index in [-0.39, 0.29) is 103 Å². The van der Waals surface area contributed by atoms with Crippen LogP contribution in [0.4, 0.5) is 0 Å². The third-order valence-electron chi connectivity index (χ3n) is 24.1. The van der Waals surface area contributed by atoms with Crippen LogP contribution in [0.2, 0.25) is 0 Å². The summed E-state index contributed by atoms with van der Waals surface area (Å²) in [5.41, 5.74) is 6.35. The molecule has 2 N–H and O–H groups in total. The van der Waals surface area contributed by atoms with Gasteiger partial charge in [-0.3, -0.25) is 29.4 Å². The fourth-order valence-corrected chi connectivity index (χ4v) is 17.6. The SMILES string of the molecule is CN1C(C)(C)CC(OC2=CC(N(CCN(C3=CC(OC4CC(C)(C)N(C)C(C)(C)C4)=NN(OC4CC(C)(C)N(C)C(C)(C)C4)N3)C3CC(C)(C)N(C)C(C)(C)C3)C3CC(C)(C)N(C)C(C)(C)C3)=NN(OC3CC(C)(C)N(C)C(C)(C)C3)N2)CC1(C)C. The van der Waals surface area contributed by atoms with E-state index in [9.17, 15) is 0 Å². The molecule has 8 heterocycles. The highest BCUT2D eigenvalue weighted by Gasteiger charge is 2.52. The number of likely N-dealkylation sites (tertiary alicyclic amines) is 6. The van der Waals surface area contributed by atoms with Gasteiger partial charge in [-0.25, -0.2) is 20.5 Å². The van der Waals surface area contributed by atoms with Crippen LogP contribution in [-0.4, -0.2) is 220 Å². The van der Waals surface area contributed by atoms with Crippen molar-refractivity contribution in [3.63, 3.8) is 0 Å². The van der Waals surface area contributed by atoms with E-state index < -0.39 is 0 Å². The van der Waals surface area contributed by atoms with Crippen molar-refractivity contribution in [2.45, 2.75) is 346 Å². The van der Waals surface area contributed by atoms with Crippen LogP contribution in [0.5, 0.6) is 0 Å². The topological polar surface area (TPSA) is 118 Å². The normalized spacial score (nSPS) is 30.1. The second-order valence-corrected chi connectivity index (χ2v) is 35.9. The van der Waals surface area contributed by atoms with Crippen molar-refractivity contribution in [1.82, 2.24) is 60.6 Å². The molecule has 8 aliphatic rings. The molecule has 18 nitrogen and oxygen atoms in total. The fraction of sp³-hybridized carbons (Fsp3) is 0.912. The van der Waals surface area contributed by atoms with Crippen molar-refractivity contribution in [2.75, 3.05) is 55.4 Å². The van der Waals surface area contributed by atoms with Crippen LogP contribution < -0.4 is 10.9 Å². The number of hydrogen-bond donors (Lipinski definition) is 2. The molecule has 0 atom stereocenters. The summed E-state index contributed by atoms with van der Waals surface area (Å²) < 4.78 is 14.6. The highest BCUT2D eigenvalue weighted by molar-refractivity contribution is 5.94. The van der Waals surface area contributed by atoms with Gasteiger partial charge in [0.2, 0.25) is 11.8 Å². The molecular weight excluding hydrogens is 1080 g/mol. The van der Waals surface area contributed by atoms with Gasteiger partial charge in [-0.2, -0.15) is 0 Å². The second-order valence-electron chi connectivity index (χ2n) is 35.9. The Morgan fingerprint density at radius 1 is 0.360 bits per heavy atom. The largest absolute Gasteiger partial charge is 0.474 e. The van der Waals surface area contributed by atoms with Crippen molar-refractivity contribution in [2.24, 2.45) is 10.2 Å². The van der Waals surface area contributed by atoms with Gasteiger partial charge in [-0.05, 0) is 260 Å². The number of rotatable bonds is 13. The number of hydrazone groups is 2. The molecule has 6 saturated heterocycles. The number of amidine groups is 1. The average Bonchev–Trinajstić information content (AvgIpc) is 0.980. The summed E-state index contributed by atoms with van der Waals surface area (Å²) in [4.78, 5) is 34.9. The first-order chi connectivity index (χ1) is 38.9. The summed E-state index contributed by atoms with van der Waals surface area (Å²) in [7, 11) is 13.6. The van der Waals surface area contributed by atoms with Gasteiger partial charge in [0, 0.05) is 129 Å². The lowest BCUT2D eigenvalue weighted by Gasteiger charge is -2.57. The Labute approximate surface area is 524 Å². The summed E-state index contributed by atoms with van der Waals surface area (Å²) in [6.45, 7) is 58.0. The summed E-state index contributed by atoms with van der Waals surface area (Å²) in [5, 5.41) is 14.2. The van der Waals surface area contributed by atoms with Crippen LogP contribution in [0.15, 0.2) is 34.1 Å². The molecule has 0 aromatic carbocycles. The van der Waals surface area contributed by atoms with E-state index in [1.54, 1.807) is 10.6 Å². The second kappa shape index (κ2) is 22.9. The Bertz CT molecular complexity index is 2450. The van der Waals surface area contributed by atoms with Crippen LogP contribution in [0.3, 0.4) is 0 Å². The van der Waals surface area contributed by atoms with Gasteiger partial charge in [0.15, 0.2) is 5.84 Å². The third-order valence-corrected chi connectivity index (χ3v) is 24.1. The number of hydrazine groups is 2. The Morgan fingerprint density at radius 3 is 0.988 bits per heavy atom. The van der Waals surface area contributed by atoms with Gasteiger partial charge in [0.05, 0.1) is 12.2 Å². The number of piperidine rings is 6. The maximum atomic E-state index is 7.31. The van der Waals surface area contributed by atoms with E-state index in [0.29, 0.717) is 24.9 Å². The summed E-state index contributed by atoms with van der Waals surface area (Å²) >= 11 is 0. The maximum Gasteiger partial charge on any atom is 0.239 e. The lowest BCUT2D eigenvalue weighted by Crippen LogP contribution is -2.65. The van der Waals surface area contributed by atoms with Gasteiger partial charge in [0.25, 0.3) is 0 Å². The number of nitrogens with zero attached hydrogens (tertiary/aromatic N) is 12. The molecule has 0 spiro atoms. The van der Waals surface area contributed by atoms with Crippen molar-refractivity contribution in [3.8, 4) is 0 Å². The molecule has 0 radical (unpaired) electrons. The number of nitrogens with one attached hydrogen (secondary N) is 2. The molecular formula is C68H128N14O4. The highest BCUT2D eigenvalue weighted by Crippen LogP contribution is 2.46. The lowest BCUT2D eigenvalue weighted by atomic mass is 9.76. The first-order valence-corrected chi connectivity index (χ1v) is 33.3. The minimum atomic E-state index is -0.113. The predicted octanol–water partition coefficient (Wildman–Crippen LogP) is 11.3. The molecule has 8 aliphatic heterocycles. The zero-order valence-corrected chi connectivity index (χ0v) is 60.5. The Hall–Kier alpha value is -3.10. The highest BCUT2D eigenvalue weighted by atomic mass is 16.8. The van der Waals surface area contributed by atoms with Gasteiger partial charge in [-0.1, -0.05) is 15.7 Å². The predicted molar refractivity (Wildman–Crippen MR) is 352 cm³/mol. The van der Waals surface area contributed by atoms with E-state index in [2.05, 4.69) is 271 Å². The van der Waals surface area contributed by atoms with Crippen molar-refractivity contribution >= 4 is 11.7 Å². The molecule has 0 bridgehead atoms. The van der Waals surface area contributed by atoms with Crippen LogP contribution in [0.25, 0.3) is 0 Å². The zero-order chi connectivity index (χ0) is 64.5. The zero-order valence-electron chi connectivity index (χ0n) is 60.5. The number of ether oxygens (including phenoxy) is 2. The molecule has 494 valence electrons. The molecule has 18 heteroatoms. The maximum absolute atomic E-state index is 7.31. The van der Waals surface area contributed by atoms with Gasteiger partial charge >= 0.3 is 0 Å². The van der Waals surface area contributed by atoms with Gasteiger partial charge < -0.3 is 19.3 Å². The molecule has 6 fully saturated rings. The summed E-state index contributed by atoms with van der Waals surface area (Å²) in [5.74, 6) is 3.00. The van der Waals surface area contributed by atoms with Crippen molar-refractivity contribution in [1.29, 1.82) is 0 Å². The Balaban J connectivity index is 1.24. The summed E-state index contributed by atoms with van der Waals surface area (Å²) in [6, 6.07) is 0.241. The third kappa shape index (κ3) is 14.3. The molecule has 0 amide bonds. The first kappa shape index (κ1) is 68.8. The standard InChI is InChI=1S/C68H128N14O4/c1-57(2)35-47(36-58(3,4)73(57)25)79(53-33-55(83-49-39-61(9,10)75(27)62(11,12)40-49)71-81(69-53)85-51-43-65(17,18)77(29)66(19,20)44-51)31-32-80(48-37-59(5,6)74(26)60(7,8)38-48)54-34-56(84-50-41-63(13,14)76(28)64(15,16)42-50)72-82(70-54)86-52-45-67(21,22)78(30)68(23,24)46-52/h33-34,47-52,69,72H,31-32,35-46H2,1-30H3. The average molecular weight is 1210 g/mol. The fourth-order valence-electron chi connectivity index (χ4n) is 17.6. The smallest absolute Gasteiger partial charge is 0.239 e. The minimum absolute atomic E-state index is 0.0375. The minimum Gasteiger partial charge on any atom is -0.474 e. The first-order valence-electron chi connectivity index (χ1n) is 33.3. The van der Waals surface area contributed by atoms with Crippen LogP contribution >= 0.6 is 0 Å². The molecule has 0 saturated carbocycles. The Morgan fingerprint density at radius 2 is 0.640 bits per heavy atom. The van der Waals surface area contributed by atoms with Crippen LogP contribution in [-0.2, 0) is 19.1 Å². The molecule has 0 aromatic heterocycles. The lowest BCUT2D eigenvalue weighted by molar-refractivity contribution is -0.259. The molecule has 86 heavy (non-hydrogen) atoms. The number of hydrogen-bond acceptors (Lipinski definition) is 18. The van der Waals surface area contributed by atoms with Crippen LogP contribution in [0.1, 0.15) is 243 Å². The molecule has 0 unspecified atom stereocenters. The molecule has 8 rings (SSSR count). The summed E-state index contributed by atoms with van der Waals surface area (Å²) in [6.07, 6.45) is 14.8. The molecule has 0 aromatic rings. The van der Waals surface area contributed by atoms with E-state index in [1.165, 1.54) is 0 Å². The van der Waals surface area contributed by atoms with E-state index >= 15 is 0 Å². The van der Waals surface area contributed by atoms with E-state index in [1.807, 2.05) is 0 Å². The van der Waals surface area contributed by atoms with Crippen molar-refractivity contribution < 1.29 is 19.1 Å². The van der Waals surface area contributed by atoms with E-state index in [0.717, 1.165) is 88.7 Å². The van der Waals surface area contributed by atoms with Gasteiger partial charge in [-0.15, -0.1) is 5.10 Å². The van der Waals surface area contributed by atoms with Crippen molar-refractivity contribution in [3.05, 3.63) is 23.9 Å². The van der Waals surface area contributed by atoms with Crippen LogP contribution in [0, 0.1) is 0 Å². The monoisotopic (exact) mass is 1210 g/mol. The molecule has 0 aliphatic carbocycles. The quantitative estimate of drug-likeness (QED) is 0.182. The van der Waals surface area contributed by atoms with Gasteiger partial charge in [0.1, 0.15) is 18.0 Å². The Kier molecular flexibility index (Phi) is 18.3. The van der Waals surface area contributed by atoms with E-state index in [4.69, 9.17) is 29.4 Å².